The van der Waals surface area contributed by atoms with E-state index in [1.165, 1.54) is 51.7 Å². The number of hydrogen-bond donors (Lipinski definition) is 2. The van der Waals surface area contributed by atoms with Gasteiger partial charge in [0, 0.05) is 6.04 Å². The van der Waals surface area contributed by atoms with Crippen molar-refractivity contribution in [3.63, 3.8) is 0 Å². The Kier molecular flexibility index (Phi) is 2.89. The highest BCUT2D eigenvalue weighted by atomic mass is 15.0. The maximum Gasteiger partial charge on any atom is 0.00776 e. The van der Waals surface area contributed by atoms with Crippen molar-refractivity contribution in [2.24, 2.45) is 5.41 Å². The molecular weight excluding hydrogens is 160 g/mol. The summed E-state index contributed by atoms with van der Waals surface area (Å²) in [5.41, 5.74) is 0.747. The molecule has 0 radical (unpaired) electrons. The lowest BCUT2D eigenvalue weighted by atomic mass is 9.60. The van der Waals surface area contributed by atoms with Crippen LogP contribution < -0.4 is 10.6 Å². The van der Waals surface area contributed by atoms with Gasteiger partial charge in [0.05, 0.1) is 0 Å². The summed E-state index contributed by atoms with van der Waals surface area (Å²) >= 11 is 0. The molecule has 1 aliphatic carbocycles. The fourth-order valence-corrected chi connectivity index (χ4v) is 2.84. The zero-order valence-electron chi connectivity index (χ0n) is 8.73. The molecule has 0 amide bonds. The SMILES string of the molecule is CCCNC1CC2(CCNCC2)C1. The lowest BCUT2D eigenvalue weighted by Gasteiger charge is -2.50. The van der Waals surface area contributed by atoms with E-state index >= 15 is 0 Å². The molecule has 76 valence electrons. The lowest BCUT2D eigenvalue weighted by Crippen LogP contribution is -2.53. The molecule has 1 heterocycles. The second-order valence-electron chi connectivity index (χ2n) is 4.81. The van der Waals surface area contributed by atoms with Gasteiger partial charge in [-0.15, -0.1) is 0 Å². The predicted molar refractivity (Wildman–Crippen MR) is 55.9 cm³/mol. The highest BCUT2D eigenvalue weighted by molar-refractivity contribution is 4.99. The molecule has 2 N–H and O–H groups in total. The van der Waals surface area contributed by atoms with Crippen molar-refractivity contribution in [3.05, 3.63) is 0 Å². The number of rotatable bonds is 3. The van der Waals surface area contributed by atoms with Crippen LogP contribution in [0.1, 0.15) is 39.0 Å². The van der Waals surface area contributed by atoms with Crippen LogP contribution in [0.2, 0.25) is 0 Å². The Morgan fingerprint density at radius 2 is 2.00 bits per heavy atom. The molecule has 2 aliphatic rings. The van der Waals surface area contributed by atoms with E-state index in [1.54, 1.807) is 0 Å². The van der Waals surface area contributed by atoms with Gasteiger partial charge in [-0.2, -0.15) is 0 Å². The molecule has 2 heteroatoms. The standard InChI is InChI=1S/C11H22N2/c1-2-5-13-10-8-11(9-10)3-6-12-7-4-11/h10,12-13H,2-9H2,1H3. The van der Waals surface area contributed by atoms with Gasteiger partial charge in [-0.05, 0) is 57.2 Å². The van der Waals surface area contributed by atoms with Crippen molar-refractivity contribution in [1.82, 2.24) is 10.6 Å². The largest absolute Gasteiger partial charge is 0.317 e. The highest BCUT2D eigenvalue weighted by Gasteiger charge is 2.43. The Labute approximate surface area is 81.5 Å². The van der Waals surface area contributed by atoms with Crippen molar-refractivity contribution in [2.75, 3.05) is 19.6 Å². The molecule has 0 aromatic rings. The average Bonchev–Trinajstić information content (AvgIpc) is 2.13. The molecule has 1 spiro atoms. The Morgan fingerprint density at radius 1 is 1.31 bits per heavy atom. The Morgan fingerprint density at radius 3 is 2.62 bits per heavy atom. The van der Waals surface area contributed by atoms with Crippen LogP contribution in [0.3, 0.4) is 0 Å². The molecule has 0 aromatic heterocycles. The monoisotopic (exact) mass is 182 g/mol. The second kappa shape index (κ2) is 3.97. The van der Waals surface area contributed by atoms with E-state index in [4.69, 9.17) is 0 Å². The highest BCUT2D eigenvalue weighted by Crippen LogP contribution is 2.47. The van der Waals surface area contributed by atoms with E-state index in [1.807, 2.05) is 0 Å². The zero-order valence-corrected chi connectivity index (χ0v) is 8.73. The molecule has 2 nitrogen and oxygen atoms in total. The van der Waals surface area contributed by atoms with Crippen molar-refractivity contribution in [3.8, 4) is 0 Å². The summed E-state index contributed by atoms with van der Waals surface area (Å²) < 4.78 is 0. The molecule has 0 bridgehead atoms. The van der Waals surface area contributed by atoms with Crippen LogP contribution in [-0.2, 0) is 0 Å². The van der Waals surface area contributed by atoms with Crippen molar-refractivity contribution < 1.29 is 0 Å². The molecule has 1 saturated carbocycles. The van der Waals surface area contributed by atoms with E-state index in [2.05, 4.69) is 17.6 Å². The number of nitrogens with one attached hydrogen (secondary N) is 2. The van der Waals surface area contributed by atoms with E-state index < -0.39 is 0 Å². The molecule has 1 saturated heterocycles. The summed E-state index contributed by atoms with van der Waals surface area (Å²) in [5.74, 6) is 0. The second-order valence-corrected chi connectivity index (χ2v) is 4.81. The fraction of sp³-hybridized carbons (Fsp3) is 1.00. The summed E-state index contributed by atoms with van der Waals surface area (Å²) in [5, 5.41) is 7.07. The molecular formula is C11H22N2. The zero-order chi connectivity index (χ0) is 9.15. The summed E-state index contributed by atoms with van der Waals surface area (Å²) in [7, 11) is 0. The number of hydrogen-bond acceptors (Lipinski definition) is 2. The smallest absolute Gasteiger partial charge is 0.00776 e. The van der Waals surface area contributed by atoms with Gasteiger partial charge in [-0.1, -0.05) is 6.92 Å². The molecule has 0 unspecified atom stereocenters. The Balaban J connectivity index is 1.69. The average molecular weight is 182 g/mol. The van der Waals surface area contributed by atoms with E-state index in [0.29, 0.717) is 0 Å². The van der Waals surface area contributed by atoms with Crippen LogP contribution in [0, 0.1) is 5.41 Å². The van der Waals surface area contributed by atoms with Crippen LogP contribution in [0.15, 0.2) is 0 Å². The quantitative estimate of drug-likeness (QED) is 0.691. The van der Waals surface area contributed by atoms with Gasteiger partial charge in [0.25, 0.3) is 0 Å². The molecule has 2 rings (SSSR count). The predicted octanol–water partition coefficient (Wildman–Crippen LogP) is 1.52. The summed E-state index contributed by atoms with van der Waals surface area (Å²) in [6, 6.07) is 0.845. The first-order valence-electron chi connectivity index (χ1n) is 5.79. The van der Waals surface area contributed by atoms with Crippen LogP contribution in [0.4, 0.5) is 0 Å². The third-order valence-corrected chi connectivity index (χ3v) is 3.71. The van der Waals surface area contributed by atoms with Gasteiger partial charge in [0.1, 0.15) is 0 Å². The van der Waals surface area contributed by atoms with E-state index in [-0.39, 0.29) is 0 Å². The number of piperidine rings is 1. The van der Waals surface area contributed by atoms with Gasteiger partial charge in [0.15, 0.2) is 0 Å². The van der Waals surface area contributed by atoms with E-state index in [0.717, 1.165) is 11.5 Å². The fourth-order valence-electron chi connectivity index (χ4n) is 2.84. The first kappa shape index (κ1) is 9.47. The molecule has 13 heavy (non-hydrogen) atoms. The first-order chi connectivity index (χ1) is 6.35. The minimum absolute atomic E-state index is 0.747. The van der Waals surface area contributed by atoms with Gasteiger partial charge < -0.3 is 10.6 Å². The van der Waals surface area contributed by atoms with Gasteiger partial charge in [-0.3, -0.25) is 0 Å². The maximum atomic E-state index is 3.62. The Hall–Kier alpha value is -0.0800. The van der Waals surface area contributed by atoms with Crippen molar-refractivity contribution in [1.29, 1.82) is 0 Å². The minimum atomic E-state index is 0.747. The topological polar surface area (TPSA) is 24.1 Å². The van der Waals surface area contributed by atoms with Gasteiger partial charge in [-0.25, -0.2) is 0 Å². The summed E-state index contributed by atoms with van der Waals surface area (Å²) in [6.07, 6.45) is 6.98. The van der Waals surface area contributed by atoms with Crippen molar-refractivity contribution >= 4 is 0 Å². The molecule has 2 fully saturated rings. The van der Waals surface area contributed by atoms with Gasteiger partial charge in [0.2, 0.25) is 0 Å². The molecule has 0 aromatic carbocycles. The van der Waals surface area contributed by atoms with Crippen LogP contribution in [-0.4, -0.2) is 25.7 Å². The van der Waals surface area contributed by atoms with Crippen LogP contribution in [0.25, 0.3) is 0 Å². The normalized spacial score (nSPS) is 27.5. The third kappa shape index (κ3) is 2.05. The lowest BCUT2D eigenvalue weighted by molar-refractivity contribution is 0.0462. The molecule has 0 atom stereocenters. The van der Waals surface area contributed by atoms with E-state index in [9.17, 15) is 0 Å². The van der Waals surface area contributed by atoms with Gasteiger partial charge >= 0.3 is 0 Å². The first-order valence-corrected chi connectivity index (χ1v) is 5.79. The maximum absolute atomic E-state index is 3.62. The third-order valence-electron chi connectivity index (χ3n) is 3.71. The van der Waals surface area contributed by atoms with Crippen molar-refractivity contribution in [2.45, 2.75) is 45.1 Å². The Bertz CT molecular complexity index is 153. The summed E-state index contributed by atoms with van der Waals surface area (Å²) in [6.45, 7) is 5.95. The molecule has 1 aliphatic heterocycles. The van der Waals surface area contributed by atoms with Crippen LogP contribution in [0.5, 0.6) is 0 Å². The van der Waals surface area contributed by atoms with Crippen LogP contribution >= 0.6 is 0 Å². The summed E-state index contributed by atoms with van der Waals surface area (Å²) in [4.78, 5) is 0. The minimum Gasteiger partial charge on any atom is -0.317 e.